The Morgan fingerprint density at radius 2 is 2.00 bits per heavy atom. The highest BCUT2D eigenvalue weighted by Gasteiger charge is 2.02. The van der Waals surface area contributed by atoms with Crippen molar-refractivity contribution in [3.63, 3.8) is 0 Å². The third kappa shape index (κ3) is 3.81. The molecule has 0 saturated heterocycles. The van der Waals surface area contributed by atoms with Gasteiger partial charge in [0.05, 0.1) is 6.61 Å². The molecule has 0 bridgehead atoms. The highest BCUT2D eigenvalue weighted by molar-refractivity contribution is 7.80. The molecule has 1 rings (SSSR count). The lowest BCUT2D eigenvalue weighted by molar-refractivity contribution is 0.253. The minimum Gasteiger partial charge on any atom is -0.395 e. The van der Waals surface area contributed by atoms with E-state index in [1.807, 2.05) is 18.2 Å². The van der Waals surface area contributed by atoms with Gasteiger partial charge in [-0.3, -0.25) is 0 Å². The molecule has 0 spiro atoms. The van der Waals surface area contributed by atoms with Gasteiger partial charge in [-0.25, -0.2) is 0 Å². The normalized spacial score (nSPS) is 12.8. The summed E-state index contributed by atoms with van der Waals surface area (Å²) in [5.74, 6) is 0.656. The minimum absolute atomic E-state index is 0.0866. The predicted octanol–water partition coefficient (Wildman–Crippen LogP) is 1.07. The van der Waals surface area contributed by atoms with Crippen LogP contribution >= 0.6 is 12.6 Å². The second-order valence-electron chi connectivity index (χ2n) is 2.93. The van der Waals surface area contributed by atoms with Crippen LogP contribution in [0.25, 0.3) is 0 Å². The highest BCUT2D eigenvalue weighted by atomic mass is 32.1. The Bertz CT molecular complexity index is 224. The maximum Gasteiger partial charge on any atom is 0.0592 e. The number of benzene rings is 1. The standard InChI is InChI=1S/C10H15NOS/c12-7-10(8-13)11-6-9-4-2-1-3-5-9/h1-5,10-13H,6-8H2. The molecule has 0 heterocycles. The number of aliphatic hydroxyl groups is 1. The first kappa shape index (κ1) is 10.6. The van der Waals surface area contributed by atoms with Crippen molar-refractivity contribution in [2.45, 2.75) is 12.6 Å². The van der Waals surface area contributed by atoms with E-state index in [9.17, 15) is 0 Å². The highest BCUT2D eigenvalue weighted by Crippen LogP contribution is 1.98. The first-order valence-electron chi connectivity index (χ1n) is 4.36. The second kappa shape index (κ2) is 6.02. The summed E-state index contributed by atoms with van der Waals surface area (Å²) in [5, 5.41) is 12.1. The van der Waals surface area contributed by atoms with E-state index in [1.165, 1.54) is 5.56 Å². The summed E-state index contributed by atoms with van der Waals surface area (Å²) in [6.45, 7) is 0.920. The lowest BCUT2D eigenvalue weighted by Gasteiger charge is -2.13. The molecule has 0 aliphatic rings. The van der Waals surface area contributed by atoms with E-state index in [2.05, 4.69) is 30.1 Å². The van der Waals surface area contributed by atoms with Gasteiger partial charge in [0.25, 0.3) is 0 Å². The molecule has 0 aliphatic carbocycles. The molecule has 1 atom stereocenters. The molecule has 2 nitrogen and oxygen atoms in total. The molecule has 0 saturated carbocycles. The van der Waals surface area contributed by atoms with Gasteiger partial charge in [0.2, 0.25) is 0 Å². The summed E-state index contributed by atoms with van der Waals surface area (Å²) in [6, 6.07) is 10.2. The quantitative estimate of drug-likeness (QED) is 0.617. The van der Waals surface area contributed by atoms with E-state index in [0.29, 0.717) is 5.75 Å². The zero-order valence-electron chi connectivity index (χ0n) is 7.48. The molecule has 3 heteroatoms. The van der Waals surface area contributed by atoms with Crippen molar-refractivity contribution < 1.29 is 5.11 Å². The van der Waals surface area contributed by atoms with Crippen molar-refractivity contribution in [1.29, 1.82) is 0 Å². The molecule has 0 aromatic heterocycles. The van der Waals surface area contributed by atoms with Gasteiger partial charge < -0.3 is 10.4 Å². The second-order valence-corrected chi connectivity index (χ2v) is 3.29. The number of hydrogen-bond donors (Lipinski definition) is 3. The van der Waals surface area contributed by atoms with Crippen LogP contribution in [0.3, 0.4) is 0 Å². The van der Waals surface area contributed by atoms with E-state index >= 15 is 0 Å². The smallest absolute Gasteiger partial charge is 0.0592 e. The van der Waals surface area contributed by atoms with Gasteiger partial charge in [0.1, 0.15) is 0 Å². The fourth-order valence-corrected chi connectivity index (χ4v) is 1.29. The van der Waals surface area contributed by atoms with Gasteiger partial charge in [-0.2, -0.15) is 12.6 Å². The minimum atomic E-state index is 0.0866. The summed E-state index contributed by atoms with van der Waals surface area (Å²) < 4.78 is 0. The predicted molar refractivity (Wildman–Crippen MR) is 58.0 cm³/mol. The molecule has 0 aliphatic heterocycles. The first-order chi connectivity index (χ1) is 6.36. The van der Waals surface area contributed by atoms with E-state index in [-0.39, 0.29) is 12.6 Å². The molecule has 72 valence electrons. The fraction of sp³-hybridized carbons (Fsp3) is 0.400. The largest absolute Gasteiger partial charge is 0.395 e. The van der Waals surface area contributed by atoms with Gasteiger partial charge >= 0.3 is 0 Å². The molecular formula is C10H15NOS. The van der Waals surface area contributed by atoms with Crippen LogP contribution in [-0.2, 0) is 6.54 Å². The van der Waals surface area contributed by atoms with Crippen LogP contribution in [0.1, 0.15) is 5.56 Å². The molecule has 0 radical (unpaired) electrons. The average Bonchev–Trinajstić information content (AvgIpc) is 2.21. The van der Waals surface area contributed by atoms with Crippen LogP contribution in [0, 0.1) is 0 Å². The van der Waals surface area contributed by atoms with Crippen molar-refractivity contribution in [3.05, 3.63) is 35.9 Å². The van der Waals surface area contributed by atoms with Crippen LogP contribution in [-0.4, -0.2) is 23.5 Å². The zero-order valence-corrected chi connectivity index (χ0v) is 8.37. The first-order valence-corrected chi connectivity index (χ1v) is 4.99. The number of hydrogen-bond acceptors (Lipinski definition) is 3. The van der Waals surface area contributed by atoms with Gasteiger partial charge in [-0.15, -0.1) is 0 Å². The van der Waals surface area contributed by atoms with E-state index < -0.39 is 0 Å². The zero-order chi connectivity index (χ0) is 9.52. The van der Waals surface area contributed by atoms with Crippen LogP contribution < -0.4 is 5.32 Å². The summed E-state index contributed by atoms with van der Waals surface area (Å²) in [5.41, 5.74) is 1.22. The Labute approximate surface area is 84.4 Å². The van der Waals surface area contributed by atoms with Crippen molar-refractivity contribution in [2.24, 2.45) is 0 Å². The Balaban J connectivity index is 2.34. The SMILES string of the molecule is OCC(CS)NCc1ccccc1. The Kier molecular flexibility index (Phi) is 4.90. The number of nitrogens with one attached hydrogen (secondary N) is 1. The number of aliphatic hydroxyl groups excluding tert-OH is 1. The van der Waals surface area contributed by atoms with Crippen LogP contribution in [0.2, 0.25) is 0 Å². The van der Waals surface area contributed by atoms with Crippen molar-refractivity contribution in [1.82, 2.24) is 5.32 Å². The van der Waals surface area contributed by atoms with Gasteiger partial charge in [-0.05, 0) is 5.56 Å². The topological polar surface area (TPSA) is 32.3 Å². The van der Waals surface area contributed by atoms with E-state index in [0.717, 1.165) is 6.54 Å². The van der Waals surface area contributed by atoms with E-state index in [1.54, 1.807) is 0 Å². The van der Waals surface area contributed by atoms with Gasteiger partial charge in [0.15, 0.2) is 0 Å². The summed E-state index contributed by atoms with van der Waals surface area (Å²) in [6.07, 6.45) is 0. The summed E-state index contributed by atoms with van der Waals surface area (Å²) in [4.78, 5) is 0. The van der Waals surface area contributed by atoms with Crippen LogP contribution in [0.5, 0.6) is 0 Å². The molecule has 13 heavy (non-hydrogen) atoms. The van der Waals surface area contributed by atoms with E-state index in [4.69, 9.17) is 5.11 Å². The fourth-order valence-electron chi connectivity index (χ4n) is 1.04. The third-order valence-electron chi connectivity index (χ3n) is 1.88. The third-order valence-corrected chi connectivity index (χ3v) is 2.32. The van der Waals surface area contributed by atoms with Crippen molar-refractivity contribution in [2.75, 3.05) is 12.4 Å². The Morgan fingerprint density at radius 3 is 2.54 bits per heavy atom. The summed E-state index contributed by atoms with van der Waals surface area (Å²) >= 11 is 4.12. The van der Waals surface area contributed by atoms with Crippen LogP contribution in [0.4, 0.5) is 0 Å². The average molecular weight is 197 g/mol. The lowest BCUT2D eigenvalue weighted by atomic mass is 10.2. The monoisotopic (exact) mass is 197 g/mol. The molecule has 1 aromatic rings. The molecule has 1 aromatic carbocycles. The molecule has 2 N–H and O–H groups in total. The maximum atomic E-state index is 8.89. The lowest BCUT2D eigenvalue weighted by Crippen LogP contribution is -2.33. The van der Waals surface area contributed by atoms with Gasteiger partial charge in [-0.1, -0.05) is 30.3 Å². The maximum absolute atomic E-state index is 8.89. The molecule has 0 amide bonds. The summed E-state index contributed by atoms with van der Waals surface area (Å²) in [7, 11) is 0. The van der Waals surface area contributed by atoms with Crippen molar-refractivity contribution >= 4 is 12.6 Å². The Morgan fingerprint density at radius 1 is 1.31 bits per heavy atom. The Hall–Kier alpha value is -0.510. The van der Waals surface area contributed by atoms with Crippen LogP contribution in [0.15, 0.2) is 30.3 Å². The molecular weight excluding hydrogens is 182 g/mol. The molecule has 0 fully saturated rings. The van der Waals surface area contributed by atoms with Gasteiger partial charge in [0, 0.05) is 18.3 Å². The number of thiol groups is 1. The molecule has 1 unspecified atom stereocenters. The van der Waals surface area contributed by atoms with Crippen molar-refractivity contribution in [3.8, 4) is 0 Å². The number of rotatable bonds is 5.